The second-order valence-electron chi connectivity index (χ2n) is 3.68. The third-order valence-corrected chi connectivity index (χ3v) is 2.00. The van der Waals surface area contributed by atoms with Crippen molar-refractivity contribution in [2.75, 3.05) is 0 Å². The van der Waals surface area contributed by atoms with Gasteiger partial charge in [0, 0.05) is 0 Å². The highest BCUT2D eigenvalue weighted by Crippen LogP contribution is 1.99. The first-order valence-electron chi connectivity index (χ1n) is 4.59. The Kier molecular flexibility index (Phi) is 5.34. The van der Waals surface area contributed by atoms with Crippen LogP contribution in [-0.4, -0.2) is 35.5 Å². The van der Waals surface area contributed by atoms with Crippen LogP contribution >= 0.6 is 0 Å². The van der Waals surface area contributed by atoms with Crippen molar-refractivity contribution < 1.29 is 14.7 Å². The molecule has 3 atom stereocenters. The van der Waals surface area contributed by atoms with Crippen LogP contribution in [-0.2, 0) is 9.59 Å². The molecule has 0 saturated carbocycles. The lowest BCUT2D eigenvalue weighted by atomic mass is 10.1. The Bertz CT molecular complexity index is 204. The molecule has 4 N–H and O–H groups in total. The molecular weight excluding hydrogens is 184 g/mol. The molecule has 0 aliphatic heterocycles. The van der Waals surface area contributed by atoms with Gasteiger partial charge in [-0.3, -0.25) is 4.79 Å². The molecule has 5 heteroatoms. The van der Waals surface area contributed by atoms with Gasteiger partial charge in [-0.2, -0.15) is 0 Å². The Morgan fingerprint density at radius 1 is 1.43 bits per heavy atom. The van der Waals surface area contributed by atoms with Gasteiger partial charge in [0.1, 0.15) is 12.3 Å². The monoisotopic (exact) mass is 202 g/mol. The molecule has 1 amide bonds. The molecule has 82 valence electrons. The molecule has 0 bridgehead atoms. The second kappa shape index (κ2) is 5.72. The normalized spacial score (nSPS) is 17.3. The van der Waals surface area contributed by atoms with Crippen LogP contribution in [0.2, 0.25) is 0 Å². The quantitative estimate of drug-likeness (QED) is 0.500. The SMILES string of the molecule is CC(C)C(C=O)NC(=O)C(N)C(C)O. The maximum atomic E-state index is 11.3. The van der Waals surface area contributed by atoms with Crippen LogP contribution in [0.15, 0.2) is 0 Å². The summed E-state index contributed by atoms with van der Waals surface area (Å²) in [5.41, 5.74) is 5.39. The first-order valence-corrected chi connectivity index (χ1v) is 4.59. The van der Waals surface area contributed by atoms with Gasteiger partial charge in [0.15, 0.2) is 0 Å². The summed E-state index contributed by atoms with van der Waals surface area (Å²) in [6.45, 7) is 5.05. The summed E-state index contributed by atoms with van der Waals surface area (Å²) in [5, 5.41) is 11.5. The van der Waals surface area contributed by atoms with Crippen LogP contribution in [0.25, 0.3) is 0 Å². The summed E-state index contributed by atoms with van der Waals surface area (Å²) in [5.74, 6) is -0.497. The van der Waals surface area contributed by atoms with Gasteiger partial charge < -0.3 is 21.0 Å². The van der Waals surface area contributed by atoms with Gasteiger partial charge in [-0.1, -0.05) is 13.8 Å². The zero-order chi connectivity index (χ0) is 11.3. The summed E-state index contributed by atoms with van der Waals surface area (Å²) in [7, 11) is 0. The molecule has 0 heterocycles. The van der Waals surface area contributed by atoms with Gasteiger partial charge >= 0.3 is 0 Å². The number of aldehydes is 1. The van der Waals surface area contributed by atoms with Crippen LogP contribution in [0.5, 0.6) is 0 Å². The third-order valence-electron chi connectivity index (χ3n) is 2.00. The number of nitrogens with two attached hydrogens (primary N) is 1. The number of hydrogen-bond acceptors (Lipinski definition) is 4. The topological polar surface area (TPSA) is 92.4 Å². The van der Waals surface area contributed by atoms with E-state index in [0.717, 1.165) is 0 Å². The minimum atomic E-state index is -0.990. The highest BCUT2D eigenvalue weighted by Gasteiger charge is 2.22. The number of carbonyl (C=O) groups is 2. The maximum absolute atomic E-state index is 11.3. The molecule has 14 heavy (non-hydrogen) atoms. The Morgan fingerprint density at radius 3 is 2.21 bits per heavy atom. The minimum absolute atomic E-state index is 0.0117. The fourth-order valence-electron chi connectivity index (χ4n) is 0.837. The number of hydrogen-bond donors (Lipinski definition) is 3. The lowest BCUT2D eigenvalue weighted by molar-refractivity contribution is -0.127. The molecule has 0 rings (SSSR count). The van der Waals surface area contributed by atoms with E-state index in [4.69, 9.17) is 10.8 Å². The zero-order valence-electron chi connectivity index (χ0n) is 8.73. The summed E-state index contributed by atoms with van der Waals surface area (Å²) in [4.78, 5) is 21.9. The fourth-order valence-corrected chi connectivity index (χ4v) is 0.837. The van der Waals surface area contributed by atoms with E-state index in [1.165, 1.54) is 6.92 Å². The summed E-state index contributed by atoms with van der Waals surface area (Å²) < 4.78 is 0. The molecule has 0 radical (unpaired) electrons. The predicted molar refractivity (Wildman–Crippen MR) is 52.5 cm³/mol. The van der Waals surface area contributed by atoms with Gasteiger partial charge in [0.05, 0.1) is 12.1 Å². The van der Waals surface area contributed by atoms with E-state index in [2.05, 4.69) is 5.32 Å². The van der Waals surface area contributed by atoms with Crippen molar-refractivity contribution in [2.45, 2.75) is 39.0 Å². The Hall–Kier alpha value is -0.940. The van der Waals surface area contributed by atoms with Crippen LogP contribution in [0.4, 0.5) is 0 Å². The van der Waals surface area contributed by atoms with Crippen molar-refractivity contribution in [3.63, 3.8) is 0 Å². The van der Waals surface area contributed by atoms with Gasteiger partial charge in [-0.15, -0.1) is 0 Å². The number of aliphatic hydroxyl groups excluding tert-OH is 1. The van der Waals surface area contributed by atoms with Gasteiger partial charge in [0.25, 0.3) is 0 Å². The van der Waals surface area contributed by atoms with Crippen molar-refractivity contribution in [3.05, 3.63) is 0 Å². The van der Waals surface area contributed by atoms with Gasteiger partial charge in [0.2, 0.25) is 5.91 Å². The average molecular weight is 202 g/mol. The van der Waals surface area contributed by atoms with Crippen molar-refractivity contribution in [3.8, 4) is 0 Å². The second-order valence-corrected chi connectivity index (χ2v) is 3.68. The molecule has 0 saturated heterocycles. The molecule has 0 spiro atoms. The number of rotatable bonds is 5. The van der Waals surface area contributed by atoms with Crippen molar-refractivity contribution in [1.82, 2.24) is 5.32 Å². The fraction of sp³-hybridized carbons (Fsp3) is 0.778. The third kappa shape index (κ3) is 3.85. The van der Waals surface area contributed by atoms with E-state index >= 15 is 0 Å². The van der Waals surface area contributed by atoms with Gasteiger partial charge in [-0.05, 0) is 12.8 Å². The lowest BCUT2D eigenvalue weighted by Crippen LogP contribution is -2.51. The van der Waals surface area contributed by atoms with Crippen LogP contribution < -0.4 is 11.1 Å². The van der Waals surface area contributed by atoms with Gasteiger partial charge in [-0.25, -0.2) is 0 Å². The molecule has 0 fully saturated rings. The van der Waals surface area contributed by atoms with E-state index < -0.39 is 24.1 Å². The first-order chi connectivity index (χ1) is 6.40. The highest BCUT2D eigenvalue weighted by molar-refractivity contribution is 5.84. The summed E-state index contributed by atoms with van der Waals surface area (Å²) >= 11 is 0. The Morgan fingerprint density at radius 2 is 1.93 bits per heavy atom. The number of amides is 1. The standard InChI is InChI=1S/C9H18N2O3/c1-5(2)7(4-12)11-9(14)8(10)6(3)13/h4-8,13H,10H2,1-3H3,(H,11,14). The lowest BCUT2D eigenvalue weighted by Gasteiger charge is -2.20. The Balaban J connectivity index is 4.22. The predicted octanol–water partition coefficient (Wildman–Crippen LogP) is -0.966. The molecule has 0 aromatic carbocycles. The van der Waals surface area contributed by atoms with Crippen LogP contribution in [0.1, 0.15) is 20.8 Å². The largest absolute Gasteiger partial charge is 0.391 e. The van der Waals surface area contributed by atoms with Crippen LogP contribution in [0.3, 0.4) is 0 Å². The molecule has 0 aliphatic rings. The van der Waals surface area contributed by atoms with Crippen molar-refractivity contribution >= 4 is 12.2 Å². The smallest absolute Gasteiger partial charge is 0.240 e. The minimum Gasteiger partial charge on any atom is -0.391 e. The molecule has 0 aromatic heterocycles. The number of nitrogens with one attached hydrogen (secondary N) is 1. The van der Waals surface area contributed by atoms with E-state index in [1.54, 1.807) is 0 Å². The summed E-state index contributed by atoms with van der Waals surface area (Å²) in [6, 6.07) is -1.54. The van der Waals surface area contributed by atoms with E-state index in [0.29, 0.717) is 6.29 Å². The van der Waals surface area contributed by atoms with Crippen molar-refractivity contribution in [1.29, 1.82) is 0 Å². The maximum Gasteiger partial charge on any atom is 0.240 e. The number of carbonyl (C=O) groups excluding carboxylic acids is 2. The first kappa shape index (κ1) is 13.1. The molecule has 0 aromatic rings. The van der Waals surface area contributed by atoms with Crippen molar-refractivity contribution in [2.24, 2.45) is 11.7 Å². The molecule has 0 aliphatic carbocycles. The molecule has 5 nitrogen and oxygen atoms in total. The zero-order valence-corrected chi connectivity index (χ0v) is 8.73. The summed E-state index contributed by atoms with van der Waals surface area (Å²) in [6.07, 6.45) is -0.258. The molecule has 3 unspecified atom stereocenters. The Labute approximate surface area is 83.7 Å². The van der Waals surface area contributed by atoms with E-state index in [9.17, 15) is 9.59 Å². The highest BCUT2D eigenvalue weighted by atomic mass is 16.3. The van der Waals surface area contributed by atoms with E-state index in [-0.39, 0.29) is 5.92 Å². The average Bonchev–Trinajstić information content (AvgIpc) is 2.11. The molecular formula is C9H18N2O3. The van der Waals surface area contributed by atoms with Crippen LogP contribution in [0, 0.1) is 5.92 Å². The number of aliphatic hydroxyl groups is 1. The van der Waals surface area contributed by atoms with E-state index in [1.807, 2.05) is 13.8 Å².